The number of hydrogen-bond donors (Lipinski definition) is 1. The first-order valence-corrected chi connectivity index (χ1v) is 5.65. The third-order valence-corrected chi connectivity index (χ3v) is 3.23. The van der Waals surface area contributed by atoms with Crippen LogP contribution in [-0.2, 0) is 4.79 Å². The molecule has 1 atom stereocenters. The number of benzene rings is 1. The second kappa shape index (κ2) is 3.84. The van der Waals surface area contributed by atoms with Gasteiger partial charge in [0.2, 0.25) is 6.79 Å². The Morgan fingerprint density at radius 2 is 2.18 bits per heavy atom. The van der Waals surface area contributed by atoms with Crippen LogP contribution in [0.15, 0.2) is 18.2 Å². The topological polar surface area (TPSA) is 59.0 Å². The molecule has 1 aromatic rings. The van der Waals surface area contributed by atoms with Crippen LogP contribution in [0.25, 0.3) is 0 Å². The van der Waals surface area contributed by atoms with Gasteiger partial charge in [0.1, 0.15) is 6.04 Å². The highest BCUT2D eigenvalue weighted by Crippen LogP contribution is 2.37. The normalized spacial score (nSPS) is 21.9. The molecule has 0 saturated carbocycles. The highest BCUT2D eigenvalue weighted by atomic mass is 16.7. The van der Waals surface area contributed by atoms with Crippen molar-refractivity contribution in [1.29, 1.82) is 0 Å². The molecule has 1 N–H and O–H groups in total. The zero-order valence-electron chi connectivity index (χ0n) is 9.26. The maximum atomic E-state index is 11.1. The first kappa shape index (κ1) is 10.3. The number of anilines is 1. The van der Waals surface area contributed by atoms with Crippen molar-refractivity contribution in [1.82, 2.24) is 0 Å². The maximum Gasteiger partial charge on any atom is 0.326 e. The molecule has 1 fully saturated rings. The number of aliphatic carboxylic acids is 1. The molecule has 0 radical (unpaired) electrons. The number of hydrogen-bond acceptors (Lipinski definition) is 4. The van der Waals surface area contributed by atoms with Crippen LogP contribution < -0.4 is 14.4 Å². The van der Waals surface area contributed by atoms with E-state index in [9.17, 15) is 4.79 Å². The molecule has 0 aromatic heterocycles. The number of carboxylic acid groups (broad SMARTS) is 1. The Morgan fingerprint density at radius 1 is 1.35 bits per heavy atom. The van der Waals surface area contributed by atoms with Crippen molar-refractivity contribution in [2.24, 2.45) is 0 Å². The van der Waals surface area contributed by atoms with E-state index >= 15 is 0 Å². The van der Waals surface area contributed by atoms with Crippen molar-refractivity contribution in [2.75, 3.05) is 18.2 Å². The van der Waals surface area contributed by atoms with Gasteiger partial charge >= 0.3 is 5.97 Å². The van der Waals surface area contributed by atoms with E-state index in [1.54, 1.807) is 0 Å². The van der Waals surface area contributed by atoms with Crippen LogP contribution in [0.2, 0.25) is 0 Å². The molecule has 3 rings (SSSR count). The zero-order chi connectivity index (χ0) is 11.8. The van der Waals surface area contributed by atoms with Gasteiger partial charge in [-0.3, -0.25) is 0 Å². The van der Waals surface area contributed by atoms with Crippen LogP contribution in [0.4, 0.5) is 5.69 Å². The van der Waals surface area contributed by atoms with E-state index in [0.29, 0.717) is 12.2 Å². The summed E-state index contributed by atoms with van der Waals surface area (Å²) in [4.78, 5) is 13.0. The highest BCUT2D eigenvalue weighted by Gasteiger charge is 2.31. The van der Waals surface area contributed by atoms with Crippen LogP contribution in [0, 0.1) is 0 Å². The number of nitrogens with zero attached hydrogens (tertiary/aromatic N) is 1. The summed E-state index contributed by atoms with van der Waals surface area (Å²) in [5.41, 5.74) is 0.888. The average molecular weight is 235 g/mol. The van der Waals surface area contributed by atoms with Gasteiger partial charge in [-0.1, -0.05) is 0 Å². The summed E-state index contributed by atoms with van der Waals surface area (Å²) >= 11 is 0. The van der Waals surface area contributed by atoms with E-state index in [1.807, 2.05) is 23.1 Å². The number of ether oxygens (including phenoxy) is 2. The number of rotatable bonds is 2. The van der Waals surface area contributed by atoms with Gasteiger partial charge in [0.25, 0.3) is 0 Å². The first-order chi connectivity index (χ1) is 8.25. The van der Waals surface area contributed by atoms with Gasteiger partial charge in [0, 0.05) is 18.3 Å². The van der Waals surface area contributed by atoms with E-state index in [1.165, 1.54) is 0 Å². The third kappa shape index (κ3) is 1.67. The number of fused-ring (bicyclic) bond motifs is 1. The van der Waals surface area contributed by atoms with E-state index in [4.69, 9.17) is 14.6 Å². The number of carbonyl (C=O) groups is 1. The lowest BCUT2D eigenvalue weighted by atomic mass is 10.2. The Balaban J connectivity index is 1.91. The van der Waals surface area contributed by atoms with Gasteiger partial charge in [-0.05, 0) is 25.0 Å². The van der Waals surface area contributed by atoms with Crippen molar-refractivity contribution in [3.8, 4) is 11.5 Å². The smallest absolute Gasteiger partial charge is 0.326 e. The predicted molar refractivity (Wildman–Crippen MR) is 60.6 cm³/mol. The summed E-state index contributed by atoms with van der Waals surface area (Å²) in [5.74, 6) is 0.651. The molecule has 1 saturated heterocycles. The van der Waals surface area contributed by atoms with E-state index in [0.717, 1.165) is 24.4 Å². The first-order valence-electron chi connectivity index (χ1n) is 5.65. The average Bonchev–Trinajstić information content (AvgIpc) is 2.96. The fourth-order valence-electron chi connectivity index (χ4n) is 2.40. The largest absolute Gasteiger partial charge is 0.480 e. The maximum absolute atomic E-state index is 11.1. The minimum atomic E-state index is -0.764. The standard InChI is InChI=1S/C12H13NO4/c14-12(15)9-2-1-5-13(9)8-3-4-10-11(6-8)17-7-16-10/h3-4,6,9H,1-2,5,7H2,(H,14,15). The second-order valence-electron chi connectivity index (χ2n) is 4.23. The molecule has 0 aliphatic carbocycles. The second-order valence-corrected chi connectivity index (χ2v) is 4.23. The van der Waals surface area contributed by atoms with Gasteiger partial charge in [-0.25, -0.2) is 4.79 Å². The van der Waals surface area contributed by atoms with Crippen molar-refractivity contribution < 1.29 is 19.4 Å². The lowest BCUT2D eigenvalue weighted by Gasteiger charge is -2.23. The van der Waals surface area contributed by atoms with Gasteiger partial charge in [-0.15, -0.1) is 0 Å². The SMILES string of the molecule is O=C(O)C1CCCN1c1ccc2c(c1)OCO2. The lowest BCUT2D eigenvalue weighted by molar-refractivity contribution is -0.138. The molecule has 90 valence electrons. The minimum Gasteiger partial charge on any atom is -0.480 e. The van der Waals surface area contributed by atoms with Crippen molar-refractivity contribution in [3.63, 3.8) is 0 Å². The molecule has 0 spiro atoms. The van der Waals surface area contributed by atoms with E-state index < -0.39 is 12.0 Å². The van der Waals surface area contributed by atoms with Gasteiger partial charge in [0.15, 0.2) is 11.5 Å². The van der Waals surface area contributed by atoms with E-state index in [-0.39, 0.29) is 6.79 Å². The molecule has 0 bridgehead atoms. The Morgan fingerprint density at radius 3 is 3.00 bits per heavy atom. The fraction of sp³-hybridized carbons (Fsp3) is 0.417. The molecule has 2 aliphatic rings. The Hall–Kier alpha value is -1.91. The molecule has 2 aliphatic heterocycles. The Labute approximate surface area is 98.6 Å². The van der Waals surface area contributed by atoms with E-state index in [2.05, 4.69) is 0 Å². The molecule has 1 aromatic carbocycles. The Bertz CT molecular complexity index is 460. The van der Waals surface area contributed by atoms with Crippen LogP contribution in [0.5, 0.6) is 11.5 Å². The summed E-state index contributed by atoms with van der Waals surface area (Å²) in [7, 11) is 0. The summed E-state index contributed by atoms with van der Waals surface area (Å²) < 4.78 is 10.5. The lowest BCUT2D eigenvalue weighted by Crippen LogP contribution is -2.35. The third-order valence-electron chi connectivity index (χ3n) is 3.23. The molecule has 17 heavy (non-hydrogen) atoms. The molecule has 0 amide bonds. The Kier molecular flexibility index (Phi) is 2.31. The quantitative estimate of drug-likeness (QED) is 0.841. The molecular formula is C12H13NO4. The van der Waals surface area contributed by atoms with Crippen LogP contribution in [0.1, 0.15) is 12.8 Å². The zero-order valence-corrected chi connectivity index (χ0v) is 9.26. The predicted octanol–water partition coefficient (Wildman–Crippen LogP) is 1.47. The monoisotopic (exact) mass is 235 g/mol. The highest BCUT2D eigenvalue weighted by molar-refractivity contribution is 5.79. The van der Waals surface area contributed by atoms with Gasteiger partial charge in [-0.2, -0.15) is 0 Å². The summed E-state index contributed by atoms with van der Waals surface area (Å²) in [6.45, 7) is 1.01. The van der Waals surface area contributed by atoms with Crippen molar-refractivity contribution >= 4 is 11.7 Å². The molecular weight excluding hydrogens is 222 g/mol. The molecule has 5 heteroatoms. The van der Waals surface area contributed by atoms with Crippen LogP contribution in [-0.4, -0.2) is 30.5 Å². The van der Waals surface area contributed by atoms with Crippen molar-refractivity contribution in [3.05, 3.63) is 18.2 Å². The van der Waals surface area contributed by atoms with Gasteiger partial charge < -0.3 is 19.5 Å². The molecule has 5 nitrogen and oxygen atoms in total. The van der Waals surface area contributed by atoms with Crippen LogP contribution >= 0.6 is 0 Å². The summed E-state index contributed by atoms with van der Waals surface area (Å²) in [6, 6.07) is 5.14. The van der Waals surface area contributed by atoms with Crippen molar-refractivity contribution in [2.45, 2.75) is 18.9 Å². The van der Waals surface area contributed by atoms with Crippen LogP contribution in [0.3, 0.4) is 0 Å². The molecule has 1 unspecified atom stereocenters. The molecule has 2 heterocycles. The minimum absolute atomic E-state index is 0.237. The summed E-state index contributed by atoms with van der Waals surface area (Å²) in [6.07, 6.45) is 1.61. The summed E-state index contributed by atoms with van der Waals surface area (Å²) in [5, 5.41) is 9.14. The number of carboxylic acids is 1. The van der Waals surface area contributed by atoms with Gasteiger partial charge in [0.05, 0.1) is 0 Å². The fourth-order valence-corrected chi connectivity index (χ4v) is 2.40.